The van der Waals surface area contributed by atoms with Gasteiger partial charge in [-0.25, -0.2) is 0 Å². The highest BCUT2D eigenvalue weighted by Crippen LogP contribution is 2.22. The lowest BCUT2D eigenvalue weighted by atomic mass is 10.0. The molecule has 12 nitrogen and oxygen atoms in total. The number of para-hydroxylation sites is 2. The molecule has 0 aliphatic rings. The van der Waals surface area contributed by atoms with E-state index >= 15 is 0 Å². The Hall–Kier alpha value is -4.56. The van der Waals surface area contributed by atoms with Crippen molar-refractivity contribution in [3.8, 4) is 0 Å². The molecule has 0 atom stereocenters. The van der Waals surface area contributed by atoms with Gasteiger partial charge >= 0.3 is 0 Å². The standard InChI is InChI=1S/C44H60N6O6/c1-53-29-25-47(26-30-54-2)21-23-49(19-17-35-33-45-41-15-9-7-11-37(35)41)43(51)39-13-5-6-14-40(39)44(52)50(24-22-48(27-31-55-3)28-32-56-4)20-18-36-34-46-42-16-10-8-12-38(36)42/h5-16,33-34,45-46H,17-32H2,1-4H3. The topological polar surface area (TPSA) is 116 Å². The van der Waals surface area contributed by atoms with E-state index in [2.05, 4.69) is 44.0 Å². The summed E-state index contributed by atoms with van der Waals surface area (Å²) < 4.78 is 21.6. The second-order valence-corrected chi connectivity index (χ2v) is 14.0. The first kappa shape index (κ1) is 42.6. The minimum atomic E-state index is -0.161. The molecule has 12 heteroatoms. The molecule has 2 heterocycles. The van der Waals surface area contributed by atoms with E-state index in [1.165, 1.54) is 0 Å². The van der Waals surface area contributed by atoms with Crippen LogP contribution in [0.5, 0.6) is 0 Å². The molecule has 0 unspecified atom stereocenters. The molecule has 2 amide bonds. The van der Waals surface area contributed by atoms with Crippen molar-refractivity contribution in [3.63, 3.8) is 0 Å². The minimum Gasteiger partial charge on any atom is -0.383 e. The molecule has 0 saturated carbocycles. The fourth-order valence-electron chi connectivity index (χ4n) is 7.09. The van der Waals surface area contributed by atoms with Crippen molar-refractivity contribution in [2.45, 2.75) is 12.8 Å². The van der Waals surface area contributed by atoms with Crippen LogP contribution in [0, 0.1) is 0 Å². The number of ether oxygens (including phenoxy) is 4. The number of aromatic amines is 2. The second-order valence-electron chi connectivity index (χ2n) is 14.0. The number of hydrogen-bond acceptors (Lipinski definition) is 8. The molecule has 56 heavy (non-hydrogen) atoms. The molecule has 0 fully saturated rings. The first-order chi connectivity index (χ1) is 27.5. The summed E-state index contributed by atoms with van der Waals surface area (Å²) in [6.45, 7) is 8.40. The van der Waals surface area contributed by atoms with Crippen molar-refractivity contribution in [2.24, 2.45) is 0 Å². The van der Waals surface area contributed by atoms with Crippen LogP contribution in [0.15, 0.2) is 85.2 Å². The van der Waals surface area contributed by atoms with Crippen LogP contribution in [0.2, 0.25) is 0 Å². The van der Waals surface area contributed by atoms with Gasteiger partial charge in [0.05, 0.1) is 37.6 Å². The highest BCUT2D eigenvalue weighted by molar-refractivity contribution is 6.07. The van der Waals surface area contributed by atoms with Crippen LogP contribution in [0.4, 0.5) is 0 Å². The van der Waals surface area contributed by atoms with Gasteiger partial charge in [-0.15, -0.1) is 0 Å². The number of carbonyl (C=O) groups is 2. The number of H-pyrrole nitrogens is 2. The number of nitrogens with one attached hydrogen (secondary N) is 2. The SMILES string of the molecule is COCCN(CCOC)CCN(CCc1c[nH]c2ccccc12)C(=O)c1ccccc1C(=O)N(CCc1c[nH]c2ccccc12)CCN(CCOC)CCOC. The molecule has 3 aromatic carbocycles. The van der Waals surface area contributed by atoms with Gasteiger partial charge in [0, 0.05) is 128 Å². The van der Waals surface area contributed by atoms with Crippen molar-refractivity contribution < 1.29 is 28.5 Å². The van der Waals surface area contributed by atoms with E-state index in [4.69, 9.17) is 18.9 Å². The van der Waals surface area contributed by atoms with Crippen molar-refractivity contribution in [3.05, 3.63) is 107 Å². The monoisotopic (exact) mass is 768 g/mol. The lowest BCUT2D eigenvalue weighted by Crippen LogP contribution is -2.43. The number of amides is 2. The maximum Gasteiger partial charge on any atom is 0.254 e. The fraction of sp³-hybridized carbons (Fsp3) is 0.455. The molecule has 0 aliphatic heterocycles. The van der Waals surface area contributed by atoms with Gasteiger partial charge < -0.3 is 38.7 Å². The smallest absolute Gasteiger partial charge is 0.254 e. The van der Waals surface area contributed by atoms with Gasteiger partial charge in [0.2, 0.25) is 0 Å². The predicted molar refractivity (Wildman–Crippen MR) is 223 cm³/mol. The van der Waals surface area contributed by atoms with Gasteiger partial charge in [-0.2, -0.15) is 0 Å². The molecule has 0 saturated heterocycles. The maximum absolute atomic E-state index is 14.8. The van der Waals surface area contributed by atoms with Crippen LogP contribution < -0.4 is 0 Å². The summed E-state index contributed by atoms with van der Waals surface area (Å²) in [5.41, 5.74) is 5.24. The molecule has 5 rings (SSSR count). The van der Waals surface area contributed by atoms with E-state index in [0.29, 0.717) is 89.7 Å². The molecule has 2 N–H and O–H groups in total. The summed E-state index contributed by atoms with van der Waals surface area (Å²) >= 11 is 0. The number of fused-ring (bicyclic) bond motifs is 2. The zero-order valence-corrected chi connectivity index (χ0v) is 33.6. The van der Waals surface area contributed by atoms with Crippen LogP contribution >= 0.6 is 0 Å². The first-order valence-corrected chi connectivity index (χ1v) is 19.6. The van der Waals surface area contributed by atoms with E-state index < -0.39 is 0 Å². The largest absolute Gasteiger partial charge is 0.383 e. The summed E-state index contributed by atoms with van der Waals surface area (Å²) in [6.07, 6.45) is 5.39. The summed E-state index contributed by atoms with van der Waals surface area (Å²) in [4.78, 5) is 44.6. The number of carbonyl (C=O) groups excluding carboxylic acids is 2. The van der Waals surface area contributed by atoms with Gasteiger partial charge in [0.15, 0.2) is 0 Å². The molecular formula is C44H60N6O6. The average molecular weight is 769 g/mol. The van der Waals surface area contributed by atoms with Crippen LogP contribution in [-0.2, 0) is 31.8 Å². The van der Waals surface area contributed by atoms with Crippen LogP contribution in [0.25, 0.3) is 21.8 Å². The predicted octanol–water partition coefficient (Wildman–Crippen LogP) is 5.21. The molecule has 0 spiro atoms. The summed E-state index contributed by atoms with van der Waals surface area (Å²) in [7, 11) is 6.78. The van der Waals surface area contributed by atoms with E-state index in [-0.39, 0.29) is 11.8 Å². The zero-order chi connectivity index (χ0) is 39.5. The molecule has 5 aromatic rings. The third-order valence-corrected chi connectivity index (χ3v) is 10.4. The summed E-state index contributed by atoms with van der Waals surface area (Å²) in [5.74, 6) is -0.323. The molecule has 0 bridgehead atoms. The van der Waals surface area contributed by atoms with Gasteiger partial charge in [0.25, 0.3) is 11.8 Å². The van der Waals surface area contributed by atoms with E-state index in [1.54, 1.807) is 40.6 Å². The lowest BCUT2D eigenvalue weighted by Gasteiger charge is -2.30. The number of benzene rings is 3. The van der Waals surface area contributed by atoms with E-state index in [1.807, 2.05) is 58.6 Å². The molecular weight excluding hydrogens is 709 g/mol. The highest BCUT2D eigenvalue weighted by Gasteiger charge is 2.26. The first-order valence-electron chi connectivity index (χ1n) is 19.6. The second kappa shape index (κ2) is 22.9. The number of hydrogen-bond donors (Lipinski definition) is 2. The quantitative estimate of drug-likeness (QED) is 0.0789. The van der Waals surface area contributed by atoms with E-state index in [9.17, 15) is 9.59 Å². The highest BCUT2D eigenvalue weighted by atomic mass is 16.5. The van der Waals surface area contributed by atoms with Crippen molar-refractivity contribution in [1.29, 1.82) is 0 Å². The Bertz CT molecular complexity index is 1770. The fourth-order valence-corrected chi connectivity index (χ4v) is 7.09. The normalized spacial score (nSPS) is 11.7. The van der Waals surface area contributed by atoms with Crippen LogP contribution in [0.1, 0.15) is 31.8 Å². The zero-order valence-electron chi connectivity index (χ0n) is 33.6. The average Bonchev–Trinajstić information content (AvgIpc) is 3.85. The van der Waals surface area contributed by atoms with Gasteiger partial charge in [-0.05, 0) is 48.2 Å². The molecule has 302 valence electrons. The number of nitrogens with zero attached hydrogens (tertiary/aromatic N) is 4. The Balaban J connectivity index is 1.41. The van der Waals surface area contributed by atoms with Crippen LogP contribution in [0.3, 0.4) is 0 Å². The number of methoxy groups -OCH3 is 4. The minimum absolute atomic E-state index is 0.161. The van der Waals surface area contributed by atoms with Gasteiger partial charge in [0.1, 0.15) is 0 Å². The Morgan fingerprint density at radius 1 is 0.464 bits per heavy atom. The third kappa shape index (κ3) is 12.0. The molecule has 0 aliphatic carbocycles. The lowest BCUT2D eigenvalue weighted by molar-refractivity contribution is 0.0668. The van der Waals surface area contributed by atoms with Crippen LogP contribution in [-0.4, -0.2) is 162 Å². The number of aromatic nitrogens is 2. The number of rotatable bonds is 26. The Morgan fingerprint density at radius 2 is 0.821 bits per heavy atom. The maximum atomic E-state index is 14.8. The van der Waals surface area contributed by atoms with Crippen molar-refractivity contribution in [1.82, 2.24) is 29.6 Å². The van der Waals surface area contributed by atoms with Gasteiger partial charge in [-0.1, -0.05) is 48.5 Å². The van der Waals surface area contributed by atoms with Crippen molar-refractivity contribution >= 4 is 33.6 Å². The summed E-state index contributed by atoms with van der Waals surface area (Å²) in [6, 6.07) is 23.7. The van der Waals surface area contributed by atoms with Gasteiger partial charge in [-0.3, -0.25) is 19.4 Å². The molecule has 2 aromatic heterocycles. The Morgan fingerprint density at radius 3 is 1.20 bits per heavy atom. The third-order valence-electron chi connectivity index (χ3n) is 10.4. The molecule has 0 radical (unpaired) electrons. The Kier molecular flexibility index (Phi) is 17.4. The van der Waals surface area contributed by atoms with E-state index in [0.717, 1.165) is 59.1 Å². The van der Waals surface area contributed by atoms with Crippen molar-refractivity contribution in [2.75, 3.05) is 120 Å². The Labute approximate surface area is 331 Å². The summed E-state index contributed by atoms with van der Waals surface area (Å²) in [5, 5.41) is 2.29.